The number of amides is 2. The number of rotatable bonds is 8. The number of hydrogen-bond donors (Lipinski definition) is 2. The van der Waals surface area contributed by atoms with Crippen molar-refractivity contribution < 1.29 is 31.9 Å². The summed E-state index contributed by atoms with van der Waals surface area (Å²) in [4.78, 5) is 24.3. The van der Waals surface area contributed by atoms with Crippen molar-refractivity contribution in [1.82, 2.24) is 14.9 Å². The molecule has 9 nitrogen and oxygen atoms in total. The second-order valence-electron chi connectivity index (χ2n) is 7.77. The molecule has 0 bridgehead atoms. The van der Waals surface area contributed by atoms with Gasteiger partial charge in [-0.2, -0.15) is 4.31 Å². The fourth-order valence-electron chi connectivity index (χ4n) is 3.58. The van der Waals surface area contributed by atoms with E-state index in [1.165, 1.54) is 13.0 Å². The molecular weight excluding hydrogens is 465 g/mol. The minimum Gasteiger partial charge on any atom is -0.497 e. The summed E-state index contributed by atoms with van der Waals surface area (Å²) < 4.78 is 51.5. The number of methoxy groups -OCH3 is 1. The number of carbonyl (C=O) groups excluding carboxylic acids is 2. The lowest BCUT2D eigenvalue weighted by atomic mass is 10.1. The van der Waals surface area contributed by atoms with Crippen molar-refractivity contribution in [3.8, 4) is 5.75 Å². The fourth-order valence-corrected chi connectivity index (χ4v) is 5.36. The van der Waals surface area contributed by atoms with E-state index in [1.54, 1.807) is 19.2 Å². The molecule has 1 aliphatic heterocycles. The summed E-state index contributed by atoms with van der Waals surface area (Å²) >= 11 is 0. The highest BCUT2D eigenvalue weighted by atomic mass is 32.2. The predicted octanol–water partition coefficient (Wildman–Crippen LogP) is 1.35. The van der Waals surface area contributed by atoms with Gasteiger partial charge in [-0.1, -0.05) is 12.1 Å². The Morgan fingerprint density at radius 2 is 1.85 bits per heavy atom. The van der Waals surface area contributed by atoms with Crippen molar-refractivity contribution in [2.24, 2.45) is 0 Å². The molecule has 1 saturated heterocycles. The summed E-state index contributed by atoms with van der Waals surface area (Å²) in [5.74, 6) is -1.52. The second-order valence-corrected chi connectivity index (χ2v) is 9.63. The van der Waals surface area contributed by atoms with Crippen molar-refractivity contribution in [3.05, 3.63) is 59.4 Å². The number of aryl methyl sites for hydroxylation is 1. The van der Waals surface area contributed by atoms with Crippen LogP contribution >= 0.6 is 0 Å². The van der Waals surface area contributed by atoms with Gasteiger partial charge < -0.3 is 20.1 Å². The molecule has 3 rings (SSSR count). The summed E-state index contributed by atoms with van der Waals surface area (Å²) in [6.45, 7) is 2.04. The van der Waals surface area contributed by atoms with Gasteiger partial charge in [-0.25, -0.2) is 12.8 Å². The Kier molecular flexibility index (Phi) is 8.59. The molecule has 1 atom stereocenters. The van der Waals surface area contributed by atoms with E-state index < -0.39 is 33.9 Å². The lowest BCUT2D eigenvalue weighted by Crippen LogP contribution is -2.53. The molecule has 1 fully saturated rings. The molecule has 0 radical (unpaired) electrons. The maximum Gasteiger partial charge on any atom is 0.309 e. The molecule has 184 valence electrons. The lowest BCUT2D eigenvalue weighted by molar-refractivity contribution is -0.140. The van der Waals surface area contributed by atoms with E-state index in [9.17, 15) is 22.4 Å². The van der Waals surface area contributed by atoms with Crippen molar-refractivity contribution in [1.29, 1.82) is 0 Å². The predicted molar refractivity (Wildman–Crippen MR) is 122 cm³/mol. The third-order valence-corrected chi connectivity index (χ3v) is 7.43. The van der Waals surface area contributed by atoms with Gasteiger partial charge in [-0.15, -0.1) is 0 Å². The second kappa shape index (κ2) is 11.4. The van der Waals surface area contributed by atoms with Gasteiger partial charge in [-0.05, 0) is 61.2 Å². The van der Waals surface area contributed by atoms with Crippen LogP contribution in [0.3, 0.4) is 0 Å². The topological polar surface area (TPSA) is 114 Å². The van der Waals surface area contributed by atoms with E-state index in [-0.39, 0.29) is 30.1 Å². The molecule has 0 aromatic heterocycles. The number of nitrogens with zero attached hydrogens (tertiary/aromatic N) is 1. The Hall–Kier alpha value is -3.02. The van der Waals surface area contributed by atoms with E-state index >= 15 is 0 Å². The van der Waals surface area contributed by atoms with Crippen LogP contribution in [0.5, 0.6) is 5.75 Å². The van der Waals surface area contributed by atoms with E-state index in [0.717, 1.165) is 27.8 Å². The Labute approximate surface area is 198 Å². The first-order valence-corrected chi connectivity index (χ1v) is 12.2. The number of carbonyl (C=O) groups is 2. The number of sulfonamides is 1. The summed E-state index contributed by atoms with van der Waals surface area (Å²) in [7, 11) is -2.42. The SMILES string of the molecule is COc1ccc(CCNC(=O)C(=O)NC[C@H]2OCCCN2S(=O)(=O)c2ccc(F)cc2C)cc1. The third-order valence-electron chi connectivity index (χ3n) is 5.38. The Balaban J connectivity index is 1.54. The van der Waals surface area contributed by atoms with Crippen LogP contribution in [-0.4, -0.2) is 64.1 Å². The number of benzene rings is 2. The van der Waals surface area contributed by atoms with Gasteiger partial charge in [-0.3, -0.25) is 9.59 Å². The van der Waals surface area contributed by atoms with Gasteiger partial charge in [0.15, 0.2) is 0 Å². The molecule has 0 spiro atoms. The van der Waals surface area contributed by atoms with Crippen LogP contribution in [-0.2, 0) is 30.8 Å². The van der Waals surface area contributed by atoms with Crippen LogP contribution in [0.15, 0.2) is 47.4 Å². The quantitative estimate of drug-likeness (QED) is 0.537. The summed E-state index contributed by atoms with van der Waals surface area (Å²) in [6.07, 6.45) is 0.00681. The largest absolute Gasteiger partial charge is 0.497 e. The van der Waals surface area contributed by atoms with Gasteiger partial charge in [0.05, 0.1) is 25.2 Å². The Bertz CT molecular complexity index is 1120. The van der Waals surface area contributed by atoms with Gasteiger partial charge in [0.1, 0.15) is 17.8 Å². The van der Waals surface area contributed by atoms with Gasteiger partial charge in [0, 0.05) is 13.1 Å². The lowest BCUT2D eigenvalue weighted by Gasteiger charge is -2.34. The van der Waals surface area contributed by atoms with E-state index in [1.807, 2.05) is 12.1 Å². The monoisotopic (exact) mass is 493 g/mol. The van der Waals surface area contributed by atoms with Gasteiger partial charge >= 0.3 is 11.8 Å². The summed E-state index contributed by atoms with van der Waals surface area (Å²) in [5, 5.41) is 4.97. The highest BCUT2D eigenvalue weighted by molar-refractivity contribution is 7.89. The molecule has 0 saturated carbocycles. The van der Waals surface area contributed by atoms with E-state index in [0.29, 0.717) is 19.4 Å². The number of halogens is 1. The average molecular weight is 494 g/mol. The summed E-state index contributed by atoms with van der Waals surface area (Å²) in [6, 6.07) is 10.8. The van der Waals surface area contributed by atoms with Crippen LogP contribution < -0.4 is 15.4 Å². The zero-order valence-corrected chi connectivity index (χ0v) is 19.9. The minimum absolute atomic E-state index is 0.0352. The van der Waals surface area contributed by atoms with Crippen molar-refractivity contribution in [3.63, 3.8) is 0 Å². The first-order valence-electron chi connectivity index (χ1n) is 10.8. The van der Waals surface area contributed by atoms with Crippen LogP contribution in [0.25, 0.3) is 0 Å². The van der Waals surface area contributed by atoms with Crippen molar-refractivity contribution in [2.75, 3.05) is 33.4 Å². The zero-order chi connectivity index (χ0) is 24.7. The van der Waals surface area contributed by atoms with Gasteiger partial charge in [0.25, 0.3) is 0 Å². The minimum atomic E-state index is -4.00. The number of hydrogen-bond acceptors (Lipinski definition) is 6. The molecule has 2 aromatic carbocycles. The van der Waals surface area contributed by atoms with Crippen LogP contribution in [0.1, 0.15) is 17.5 Å². The highest BCUT2D eigenvalue weighted by Crippen LogP contribution is 2.25. The average Bonchev–Trinajstić information content (AvgIpc) is 2.82. The zero-order valence-electron chi connectivity index (χ0n) is 19.0. The van der Waals surface area contributed by atoms with Crippen molar-refractivity contribution >= 4 is 21.8 Å². The van der Waals surface area contributed by atoms with Crippen LogP contribution in [0.4, 0.5) is 4.39 Å². The van der Waals surface area contributed by atoms with Crippen LogP contribution in [0, 0.1) is 12.7 Å². The Morgan fingerprint density at radius 3 is 2.53 bits per heavy atom. The molecule has 1 aliphatic rings. The van der Waals surface area contributed by atoms with E-state index in [2.05, 4.69) is 10.6 Å². The molecule has 2 aromatic rings. The molecule has 34 heavy (non-hydrogen) atoms. The maximum atomic E-state index is 13.4. The number of ether oxygens (including phenoxy) is 2. The molecule has 0 aliphatic carbocycles. The summed E-state index contributed by atoms with van der Waals surface area (Å²) in [5.41, 5.74) is 1.23. The highest BCUT2D eigenvalue weighted by Gasteiger charge is 2.35. The molecule has 0 unspecified atom stereocenters. The number of nitrogens with one attached hydrogen (secondary N) is 2. The van der Waals surface area contributed by atoms with E-state index in [4.69, 9.17) is 9.47 Å². The van der Waals surface area contributed by atoms with Gasteiger partial charge in [0.2, 0.25) is 10.0 Å². The first-order chi connectivity index (χ1) is 16.2. The molecule has 2 N–H and O–H groups in total. The molecule has 11 heteroatoms. The molecular formula is C23H28FN3O6S. The van der Waals surface area contributed by atoms with Crippen molar-refractivity contribution in [2.45, 2.75) is 30.9 Å². The Morgan fingerprint density at radius 1 is 1.15 bits per heavy atom. The standard InChI is InChI=1S/C23H28FN3O6S/c1-16-14-18(24)6-9-20(16)34(30,31)27-12-3-13-33-21(27)15-26-23(29)22(28)25-11-10-17-4-7-19(32-2)8-5-17/h4-9,14,21H,3,10-13,15H2,1-2H3,(H,25,28)(H,26,29)/t21-/m1/s1. The maximum absolute atomic E-state index is 13.4. The van der Waals surface area contributed by atoms with Crippen LogP contribution in [0.2, 0.25) is 0 Å². The third kappa shape index (κ3) is 6.31. The molecule has 2 amide bonds. The molecule has 1 heterocycles. The fraction of sp³-hybridized carbons (Fsp3) is 0.391. The first kappa shape index (κ1) is 25.6. The smallest absolute Gasteiger partial charge is 0.309 e. The normalized spacial score (nSPS) is 16.6.